The molecule has 0 saturated heterocycles. The highest BCUT2D eigenvalue weighted by molar-refractivity contribution is 7.88. The highest BCUT2D eigenvalue weighted by Crippen LogP contribution is 2.45. The van der Waals surface area contributed by atoms with Gasteiger partial charge >= 0.3 is 5.97 Å². The van der Waals surface area contributed by atoms with E-state index >= 15 is 0 Å². The smallest absolute Gasteiger partial charge is 0.303 e. The molecule has 1 aliphatic carbocycles. The van der Waals surface area contributed by atoms with Crippen LogP contribution in [-0.4, -0.2) is 63.9 Å². The van der Waals surface area contributed by atoms with Gasteiger partial charge in [0.05, 0.1) is 17.9 Å². The molecule has 1 aliphatic rings. The van der Waals surface area contributed by atoms with E-state index in [1.165, 1.54) is 31.3 Å². The molecule has 1 fully saturated rings. The third-order valence-electron chi connectivity index (χ3n) is 6.88. The van der Waals surface area contributed by atoms with Crippen LogP contribution in [0.15, 0.2) is 40.8 Å². The van der Waals surface area contributed by atoms with Gasteiger partial charge in [-0.1, -0.05) is 0 Å². The van der Waals surface area contributed by atoms with Gasteiger partial charge in [0, 0.05) is 43.9 Å². The summed E-state index contributed by atoms with van der Waals surface area (Å²) in [4.78, 5) is 47.0. The van der Waals surface area contributed by atoms with Crippen molar-refractivity contribution in [1.29, 1.82) is 0 Å². The SMILES string of the molecule is CNC(=O)c1c(-c2ccc(F)cc2)oc2cc(CS(=O)(=O)NCCNC(=O)CNC(=O)CCCC(=O)O)c(C3CC3)cc12. The summed E-state index contributed by atoms with van der Waals surface area (Å²) in [5, 5.41) is 16.6. The van der Waals surface area contributed by atoms with Crippen LogP contribution in [0.3, 0.4) is 0 Å². The van der Waals surface area contributed by atoms with E-state index in [9.17, 15) is 32.0 Å². The maximum Gasteiger partial charge on any atom is 0.303 e. The molecule has 230 valence electrons. The molecule has 43 heavy (non-hydrogen) atoms. The van der Waals surface area contributed by atoms with Gasteiger partial charge in [-0.3, -0.25) is 19.2 Å². The Morgan fingerprint density at radius 1 is 1.00 bits per heavy atom. The number of benzene rings is 2. The Morgan fingerprint density at radius 3 is 2.37 bits per heavy atom. The van der Waals surface area contributed by atoms with Crippen molar-refractivity contribution in [2.45, 2.75) is 43.8 Å². The summed E-state index contributed by atoms with van der Waals surface area (Å²) in [6.45, 7) is -0.418. The molecule has 0 spiro atoms. The topological polar surface area (TPSA) is 184 Å². The lowest BCUT2D eigenvalue weighted by molar-refractivity contribution is -0.137. The van der Waals surface area contributed by atoms with Gasteiger partial charge in [-0.05, 0) is 72.7 Å². The van der Waals surface area contributed by atoms with Crippen LogP contribution in [-0.2, 0) is 30.2 Å². The fraction of sp³-hybridized carbons (Fsp3) is 0.379. The number of carboxylic acid groups (broad SMARTS) is 1. The third kappa shape index (κ3) is 8.61. The largest absolute Gasteiger partial charge is 0.481 e. The second kappa shape index (κ2) is 13.8. The molecular formula is C29H33FN4O8S. The van der Waals surface area contributed by atoms with E-state index in [4.69, 9.17) is 9.52 Å². The number of nitrogens with one attached hydrogen (secondary N) is 4. The number of carboxylic acids is 1. The van der Waals surface area contributed by atoms with Gasteiger partial charge in [-0.2, -0.15) is 0 Å². The average molecular weight is 617 g/mol. The molecule has 1 heterocycles. The maximum atomic E-state index is 13.5. The van der Waals surface area contributed by atoms with E-state index in [2.05, 4.69) is 20.7 Å². The van der Waals surface area contributed by atoms with Gasteiger partial charge in [-0.15, -0.1) is 0 Å². The molecule has 2 aromatic carbocycles. The summed E-state index contributed by atoms with van der Waals surface area (Å²) in [5.41, 5.74) is 2.44. The van der Waals surface area contributed by atoms with E-state index in [0.29, 0.717) is 22.1 Å². The van der Waals surface area contributed by atoms with Crippen LogP contribution in [0.2, 0.25) is 0 Å². The molecular weight excluding hydrogens is 583 g/mol. The van der Waals surface area contributed by atoms with Gasteiger partial charge in [-0.25, -0.2) is 17.5 Å². The van der Waals surface area contributed by atoms with E-state index in [1.807, 2.05) is 0 Å². The molecule has 0 bridgehead atoms. The molecule has 3 amide bonds. The number of aliphatic carboxylic acids is 1. The molecule has 0 aliphatic heterocycles. The summed E-state index contributed by atoms with van der Waals surface area (Å²) in [6, 6.07) is 8.97. The first kappa shape index (κ1) is 31.6. The number of furan rings is 1. The Hall–Kier alpha value is -4.30. The quantitative estimate of drug-likeness (QED) is 0.161. The van der Waals surface area contributed by atoms with Gasteiger partial charge < -0.3 is 25.5 Å². The fourth-order valence-corrected chi connectivity index (χ4v) is 5.82. The van der Waals surface area contributed by atoms with Gasteiger partial charge in [0.2, 0.25) is 21.8 Å². The number of hydrogen-bond acceptors (Lipinski definition) is 7. The number of carbonyl (C=O) groups is 4. The predicted octanol–water partition coefficient (Wildman–Crippen LogP) is 2.38. The Bertz CT molecular complexity index is 1630. The van der Waals surface area contributed by atoms with E-state index < -0.39 is 33.6 Å². The predicted molar refractivity (Wildman–Crippen MR) is 155 cm³/mol. The molecule has 0 unspecified atom stereocenters. The van der Waals surface area contributed by atoms with Crippen molar-refractivity contribution in [1.82, 2.24) is 20.7 Å². The van der Waals surface area contributed by atoms with Crippen molar-refractivity contribution in [2.24, 2.45) is 0 Å². The third-order valence-corrected chi connectivity index (χ3v) is 8.22. The minimum atomic E-state index is -3.84. The van der Waals surface area contributed by atoms with E-state index in [-0.39, 0.29) is 67.8 Å². The van der Waals surface area contributed by atoms with Crippen LogP contribution < -0.4 is 20.7 Å². The average Bonchev–Trinajstić information content (AvgIpc) is 3.74. The van der Waals surface area contributed by atoms with Crippen LogP contribution in [0, 0.1) is 5.82 Å². The molecule has 0 radical (unpaired) electrons. The summed E-state index contributed by atoms with van der Waals surface area (Å²) >= 11 is 0. The van der Waals surface area contributed by atoms with Crippen molar-refractivity contribution < 1.29 is 41.5 Å². The zero-order valence-electron chi connectivity index (χ0n) is 23.5. The maximum absolute atomic E-state index is 13.5. The van der Waals surface area contributed by atoms with E-state index in [1.54, 1.807) is 12.1 Å². The lowest BCUT2D eigenvalue weighted by atomic mass is 9.98. The lowest BCUT2D eigenvalue weighted by Gasteiger charge is -2.12. The van der Waals surface area contributed by atoms with Gasteiger partial charge in [0.25, 0.3) is 5.91 Å². The molecule has 1 saturated carbocycles. The second-order valence-corrected chi connectivity index (χ2v) is 12.0. The molecule has 1 aromatic heterocycles. The Morgan fingerprint density at radius 2 is 1.72 bits per heavy atom. The first-order valence-corrected chi connectivity index (χ1v) is 15.4. The molecule has 4 rings (SSSR count). The Labute approximate surface area is 247 Å². The Kier molecular flexibility index (Phi) is 10.1. The standard InChI is InChI=1S/C29H33FN4O8S/c1-31-29(39)27-22-14-21(17-5-6-17)19(13-23(22)42-28(27)18-7-9-20(30)10-8-18)16-43(40,41)34-12-11-32-25(36)15-33-24(35)3-2-4-26(37)38/h7-10,13-14,17,34H,2-6,11-12,15-16H2,1H3,(H,31,39)(H,32,36)(H,33,35)(H,37,38). The fourth-order valence-electron chi connectivity index (χ4n) is 4.65. The first-order valence-electron chi connectivity index (χ1n) is 13.8. The van der Waals surface area contributed by atoms with Crippen molar-refractivity contribution in [3.05, 3.63) is 58.9 Å². The Balaban J connectivity index is 1.41. The number of rotatable bonds is 15. The minimum Gasteiger partial charge on any atom is -0.481 e. The number of hydrogen-bond donors (Lipinski definition) is 5. The van der Waals surface area contributed by atoms with Crippen LogP contribution >= 0.6 is 0 Å². The minimum absolute atomic E-state index is 0.0177. The van der Waals surface area contributed by atoms with Crippen LogP contribution in [0.4, 0.5) is 4.39 Å². The van der Waals surface area contributed by atoms with Crippen LogP contribution in [0.5, 0.6) is 0 Å². The number of amides is 3. The molecule has 12 nitrogen and oxygen atoms in total. The number of halogens is 1. The number of carbonyl (C=O) groups excluding carboxylic acids is 3. The molecule has 5 N–H and O–H groups in total. The van der Waals surface area contributed by atoms with Gasteiger partial charge in [0.1, 0.15) is 17.2 Å². The van der Waals surface area contributed by atoms with Crippen molar-refractivity contribution in [2.75, 3.05) is 26.7 Å². The van der Waals surface area contributed by atoms with Crippen molar-refractivity contribution >= 4 is 44.7 Å². The highest BCUT2D eigenvalue weighted by atomic mass is 32.2. The second-order valence-electron chi connectivity index (χ2n) is 10.2. The molecule has 3 aromatic rings. The zero-order valence-corrected chi connectivity index (χ0v) is 24.3. The zero-order chi connectivity index (χ0) is 31.1. The lowest BCUT2D eigenvalue weighted by Crippen LogP contribution is -2.40. The summed E-state index contributed by atoms with van der Waals surface area (Å²) in [5.74, 6) is -2.76. The van der Waals surface area contributed by atoms with Gasteiger partial charge in [0.15, 0.2) is 0 Å². The number of fused-ring (bicyclic) bond motifs is 1. The normalized spacial score (nSPS) is 13.1. The molecule has 14 heteroatoms. The van der Waals surface area contributed by atoms with Crippen molar-refractivity contribution in [3.8, 4) is 11.3 Å². The first-order chi connectivity index (χ1) is 20.5. The highest BCUT2D eigenvalue weighted by Gasteiger charge is 2.31. The van der Waals surface area contributed by atoms with E-state index in [0.717, 1.165) is 18.4 Å². The summed E-state index contributed by atoms with van der Waals surface area (Å²) < 4.78 is 48.0. The monoisotopic (exact) mass is 616 g/mol. The van der Waals surface area contributed by atoms with Crippen molar-refractivity contribution in [3.63, 3.8) is 0 Å². The summed E-state index contributed by atoms with van der Waals surface area (Å²) in [7, 11) is -2.34. The number of sulfonamides is 1. The molecule has 0 atom stereocenters. The summed E-state index contributed by atoms with van der Waals surface area (Å²) in [6.07, 6.45) is 1.75. The van der Waals surface area contributed by atoms with Crippen LogP contribution in [0.25, 0.3) is 22.3 Å². The van der Waals surface area contributed by atoms with Crippen LogP contribution in [0.1, 0.15) is 59.5 Å².